The third-order valence-electron chi connectivity index (χ3n) is 3.13. The van der Waals surface area contributed by atoms with Gasteiger partial charge in [0.15, 0.2) is 0 Å². The molecule has 0 aliphatic carbocycles. The highest BCUT2D eigenvalue weighted by molar-refractivity contribution is 5.68. The normalized spacial score (nSPS) is 10.9. The number of rotatable bonds is 14. The van der Waals surface area contributed by atoms with Crippen molar-refractivity contribution in [3.63, 3.8) is 0 Å². The van der Waals surface area contributed by atoms with Crippen LogP contribution in [0.25, 0.3) is 0 Å². The predicted molar refractivity (Wildman–Crippen MR) is 82.9 cm³/mol. The van der Waals surface area contributed by atoms with Crippen LogP contribution in [0.15, 0.2) is 12.3 Å². The number of nitrogens with one attached hydrogen (secondary N) is 2. The molecule has 0 atom stereocenters. The summed E-state index contributed by atoms with van der Waals surface area (Å²) in [6.07, 6.45) is 14.3. The molecule has 0 spiro atoms. The second kappa shape index (κ2) is 16.0. The largest absolute Gasteiger partial charge is 0.469 e. The molecule has 0 saturated carbocycles. The van der Waals surface area contributed by atoms with Crippen molar-refractivity contribution in [1.29, 1.82) is 0 Å². The van der Waals surface area contributed by atoms with Crippen LogP contribution in [-0.4, -0.2) is 26.2 Å². The van der Waals surface area contributed by atoms with E-state index >= 15 is 0 Å². The number of hydrogen-bond acceptors (Lipinski definition) is 5. The predicted octanol–water partition coefficient (Wildman–Crippen LogP) is 2.24. The molecule has 0 saturated heterocycles. The molecule has 0 aromatic rings. The topological polar surface area (TPSA) is 76.4 Å². The van der Waals surface area contributed by atoms with Crippen LogP contribution >= 0.6 is 0 Å². The van der Waals surface area contributed by atoms with Gasteiger partial charge in [-0.2, -0.15) is 0 Å². The first-order chi connectivity index (χ1) is 9.81. The Bertz CT molecular complexity index is 245. The van der Waals surface area contributed by atoms with Gasteiger partial charge in [0.2, 0.25) is 0 Å². The van der Waals surface area contributed by atoms with Crippen molar-refractivity contribution in [2.24, 2.45) is 5.84 Å². The van der Waals surface area contributed by atoms with Gasteiger partial charge in [-0.3, -0.25) is 16.1 Å². The van der Waals surface area contributed by atoms with Crippen molar-refractivity contribution in [1.82, 2.24) is 10.7 Å². The molecule has 5 heteroatoms. The molecule has 4 N–H and O–H groups in total. The van der Waals surface area contributed by atoms with E-state index in [0.717, 1.165) is 32.4 Å². The first-order valence-electron chi connectivity index (χ1n) is 7.70. The molecule has 118 valence electrons. The maximum atomic E-state index is 10.9. The minimum absolute atomic E-state index is 0.0901. The molecule has 20 heavy (non-hydrogen) atoms. The van der Waals surface area contributed by atoms with Gasteiger partial charge in [-0.25, -0.2) is 0 Å². The molecule has 0 bridgehead atoms. The highest BCUT2D eigenvalue weighted by atomic mass is 16.5. The minimum Gasteiger partial charge on any atom is -0.469 e. The van der Waals surface area contributed by atoms with Gasteiger partial charge in [-0.1, -0.05) is 38.2 Å². The molecule has 0 aromatic carbocycles. The molecule has 0 radical (unpaired) electrons. The fraction of sp³-hybridized carbons (Fsp3) is 0.800. The fourth-order valence-corrected chi connectivity index (χ4v) is 1.91. The Balaban J connectivity index is 3.07. The Labute approximate surface area is 123 Å². The monoisotopic (exact) mass is 285 g/mol. The lowest BCUT2D eigenvalue weighted by Gasteiger charge is -2.01. The number of esters is 1. The second-order valence-electron chi connectivity index (χ2n) is 4.90. The third-order valence-corrected chi connectivity index (χ3v) is 3.13. The van der Waals surface area contributed by atoms with Crippen molar-refractivity contribution in [3.8, 4) is 0 Å². The molecule has 0 unspecified atom stereocenters. The van der Waals surface area contributed by atoms with Gasteiger partial charge < -0.3 is 10.1 Å². The zero-order valence-corrected chi connectivity index (χ0v) is 12.8. The van der Waals surface area contributed by atoms with Crippen molar-refractivity contribution >= 4 is 5.97 Å². The van der Waals surface area contributed by atoms with E-state index in [1.54, 1.807) is 0 Å². The van der Waals surface area contributed by atoms with Gasteiger partial charge in [0.1, 0.15) is 0 Å². The highest BCUT2D eigenvalue weighted by Gasteiger charge is 1.98. The SMILES string of the molecule is COC(=O)CCCCCCCCC/C=C\NCCNN. The zero-order chi connectivity index (χ0) is 14.9. The number of hydrazine groups is 1. The first-order valence-corrected chi connectivity index (χ1v) is 7.70. The molecule has 0 aliphatic rings. The summed E-state index contributed by atoms with van der Waals surface area (Å²) in [6, 6.07) is 0. The van der Waals surface area contributed by atoms with Crippen molar-refractivity contribution in [2.75, 3.05) is 20.2 Å². The smallest absolute Gasteiger partial charge is 0.305 e. The van der Waals surface area contributed by atoms with Crippen LogP contribution < -0.4 is 16.6 Å². The lowest BCUT2D eigenvalue weighted by molar-refractivity contribution is -0.140. The lowest BCUT2D eigenvalue weighted by atomic mass is 10.1. The zero-order valence-electron chi connectivity index (χ0n) is 12.8. The van der Waals surface area contributed by atoms with E-state index in [2.05, 4.69) is 21.6 Å². The average Bonchev–Trinajstić information content (AvgIpc) is 2.47. The Morgan fingerprint density at radius 1 is 1.05 bits per heavy atom. The Kier molecular flexibility index (Phi) is 15.1. The molecule has 0 fully saturated rings. The van der Waals surface area contributed by atoms with Crippen LogP contribution in [0, 0.1) is 0 Å². The van der Waals surface area contributed by atoms with E-state index in [4.69, 9.17) is 5.84 Å². The van der Waals surface area contributed by atoms with Gasteiger partial charge >= 0.3 is 5.97 Å². The van der Waals surface area contributed by atoms with E-state index in [1.165, 1.54) is 39.2 Å². The molecule has 0 heterocycles. The van der Waals surface area contributed by atoms with Gasteiger partial charge in [0.05, 0.1) is 7.11 Å². The van der Waals surface area contributed by atoms with Crippen molar-refractivity contribution < 1.29 is 9.53 Å². The quantitative estimate of drug-likeness (QED) is 0.197. The number of hydrogen-bond donors (Lipinski definition) is 3. The molecule has 0 rings (SSSR count). The summed E-state index contributed by atoms with van der Waals surface area (Å²) in [6.45, 7) is 1.64. The first kappa shape index (κ1) is 18.9. The van der Waals surface area contributed by atoms with Crippen LogP contribution in [0.3, 0.4) is 0 Å². The van der Waals surface area contributed by atoms with E-state index in [1.807, 2.05) is 6.20 Å². The summed E-state index contributed by atoms with van der Waals surface area (Å²) in [5.74, 6) is 5.06. The second-order valence-corrected chi connectivity index (χ2v) is 4.90. The Morgan fingerprint density at radius 2 is 1.70 bits per heavy atom. The third kappa shape index (κ3) is 15.0. The van der Waals surface area contributed by atoms with E-state index in [0.29, 0.717) is 6.42 Å². The van der Waals surface area contributed by atoms with Crippen LogP contribution in [0.2, 0.25) is 0 Å². The number of methoxy groups -OCH3 is 1. The Morgan fingerprint density at radius 3 is 2.35 bits per heavy atom. The van der Waals surface area contributed by atoms with Gasteiger partial charge in [0, 0.05) is 19.5 Å². The van der Waals surface area contributed by atoms with Gasteiger partial charge in [-0.05, 0) is 25.5 Å². The maximum absolute atomic E-state index is 10.9. The Hall–Kier alpha value is -1.07. The van der Waals surface area contributed by atoms with Crippen LogP contribution in [0.5, 0.6) is 0 Å². The van der Waals surface area contributed by atoms with E-state index < -0.39 is 0 Å². The van der Waals surface area contributed by atoms with Crippen molar-refractivity contribution in [3.05, 3.63) is 12.3 Å². The van der Waals surface area contributed by atoms with Crippen LogP contribution in [-0.2, 0) is 9.53 Å². The number of unbranched alkanes of at least 4 members (excludes halogenated alkanes) is 7. The fourth-order valence-electron chi connectivity index (χ4n) is 1.91. The molecule has 0 aromatic heterocycles. The molecule has 0 amide bonds. The van der Waals surface area contributed by atoms with Crippen LogP contribution in [0.4, 0.5) is 0 Å². The molecule has 5 nitrogen and oxygen atoms in total. The summed E-state index contributed by atoms with van der Waals surface area (Å²) >= 11 is 0. The number of allylic oxidation sites excluding steroid dienone is 1. The van der Waals surface area contributed by atoms with E-state index in [9.17, 15) is 4.79 Å². The summed E-state index contributed by atoms with van der Waals surface area (Å²) in [4.78, 5) is 10.9. The molecule has 0 aliphatic heterocycles. The molecular weight excluding hydrogens is 254 g/mol. The summed E-state index contributed by atoms with van der Waals surface area (Å²) in [5.41, 5.74) is 2.59. The summed E-state index contributed by atoms with van der Waals surface area (Å²) in [7, 11) is 1.45. The van der Waals surface area contributed by atoms with E-state index in [-0.39, 0.29) is 5.97 Å². The number of ether oxygens (including phenoxy) is 1. The average molecular weight is 285 g/mol. The number of nitrogens with two attached hydrogens (primary N) is 1. The standard InChI is InChI=1S/C15H31N3O2/c1-20-15(19)11-9-7-5-3-2-4-6-8-10-12-17-13-14-18-16/h10,12,17-18H,2-9,11,13-14,16H2,1H3/b12-10-. The number of carbonyl (C=O) groups is 1. The maximum Gasteiger partial charge on any atom is 0.305 e. The van der Waals surface area contributed by atoms with Gasteiger partial charge in [0.25, 0.3) is 0 Å². The van der Waals surface area contributed by atoms with Crippen LogP contribution in [0.1, 0.15) is 57.8 Å². The molecular formula is C15H31N3O2. The van der Waals surface area contributed by atoms with Gasteiger partial charge in [-0.15, -0.1) is 0 Å². The minimum atomic E-state index is -0.0901. The summed E-state index contributed by atoms with van der Waals surface area (Å²) in [5, 5.41) is 3.16. The highest BCUT2D eigenvalue weighted by Crippen LogP contribution is 2.10. The lowest BCUT2D eigenvalue weighted by Crippen LogP contribution is -2.29. The summed E-state index contributed by atoms with van der Waals surface area (Å²) < 4.78 is 4.60. The van der Waals surface area contributed by atoms with Crippen molar-refractivity contribution in [2.45, 2.75) is 57.8 Å². The number of carbonyl (C=O) groups excluding carboxylic acids is 1.